The van der Waals surface area contributed by atoms with Crippen LogP contribution in [0.3, 0.4) is 0 Å². The molecule has 106 valence electrons. The minimum atomic E-state index is -0.611. The van der Waals surface area contributed by atoms with Crippen LogP contribution in [0.25, 0.3) is 22.2 Å². The third-order valence-electron chi connectivity index (χ3n) is 3.35. The lowest BCUT2D eigenvalue weighted by Gasteiger charge is -2.10. The van der Waals surface area contributed by atoms with Gasteiger partial charge < -0.3 is 4.74 Å². The Kier molecular flexibility index (Phi) is 3.25. The Morgan fingerprint density at radius 3 is 2.57 bits per heavy atom. The van der Waals surface area contributed by atoms with Crippen LogP contribution in [0.5, 0.6) is 5.88 Å². The number of methoxy groups -OCH3 is 1. The van der Waals surface area contributed by atoms with E-state index in [-0.39, 0.29) is 10.9 Å². The van der Waals surface area contributed by atoms with Crippen molar-refractivity contribution >= 4 is 10.9 Å². The van der Waals surface area contributed by atoms with Crippen molar-refractivity contribution in [2.45, 2.75) is 6.92 Å². The van der Waals surface area contributed by atoms with E-state index in [1.165, 1.54) is 19.2 Å². The van der Waals surface area contributed by atoms with Crippen LogP contribution >= 0.6 is 0 Å². The first-order chi connectivity index (χ1) is 10.1. The van der Waals surface area contributed by atoms with Gasteiger partial charge in [-0.25, -0.2) is 18.7 Å². The first-order valence-corrected chi connectivity index (χ1v) is 6.36. The first-order valence-electron chi connectivity index (χ1n) is 6.36. The summed E-state index contributed by atoms with van der Waals surface area (Å²) in [6.45, 7) is 1.58. The second-order valence-corrected chi connectivity index (χ2v) is 4.62. The van der Waals surface area contributed by atoms with E-state index in [9.17, 15) is 8.78 Å². The van der Waals surface area contributed by atoms with Crippen LogP contribution < -0.4 is 4.74 Å². The zero-order valence-electron chi connectivity index (χ0n) is 11.5. The standard InChI is InChI=1S/C16H12F2N2O/c1-9-15(18)14-11(17)4-3-5-12(14)20-16(9)10-6-7-13(21-2)19-8-10/h3-8H,1-2H3. The highest BCUT2D eigenvalue weighted by Crippen LogP contribution is 2.29. The van der Waals surface area contributed by atoms with Gasteiger partial charge in [-0.2, -0.15) is 0 Å². The van der Waals surface area contributed by atoms with Crippen molar-refractivity contribution in [1.82, 2.24) is 9.97 Å². The van der Waals surface area contributed by atoms with Crippen molar-refractivity contribution in [2.75, 3.05) is 7.11 Å². The highest BCUT2D eigenvalue weighted by Gasteiger charge is 2.16. The van der Waals surface area contributed by atoms with Gasteiger partial charge in [0.2, 0.25) is 5.88 Å². The van der Waals surface area contributed by atoms with E-state index in [1.54, 1.807) is 31.3 Å². The molecule has 0 aliphatic carbocycles. The third kappa shape index (κ3) is 2.20. The molecule has 0 radical (unpaired) electrons. The Morgan fingerprint density at radius 2 is 1.90 bits per heavy atom. The third-order valence-corrected chi connectivity index (χ3v) is 3.35. The lowest BCUT2D eigenvalue weighted by atomic mass is 10.0. The molecule has 1 aromatic carbocycles. The van der Waals surface area contributed by atoms with Crippen LogP contribution in [-0.4, -0.2) is 17.1 Å². The topological polar surface area (TPSA) is 35.0 Å². The van der Waals surface area contributed by atoms with Crippen molar-refractivity contribution in [1.29, 1.82) is 0 Å². The summed E-state index contributed by atoms with van der Waals surface area (Å²) >= 11 is 0. The number of pyridine rings is 2. The highest BCUT2D eigenvalue weighted by atomic mass is 19.1. The van der Waals surface area contributed by atoms with Gasteiger partial charge in [0.15, 0.2) is 0 Å². The van der Waals surface area contributed by atoms with Crippen LogP contribution in [0, 0.1) is 18.6 Å². The average Bonchev–Trinajstić information content (AvgIpc) is 2.51. The molecule has 0 atom stereocenters. The van der Waals surface area contributed by atoms with Gasteiger partial charge in [0, 0.05) is 23.4 Å². The van der Waals surface area contributed by atoms with Gasteiger partial charge in [0.1, 0.15) is 11.6 Å². The summed E-state index contributed by atoms with van der Waals surface area (Å²) in [7, 11) is 1.52. The zero-order valence-corrected chi connectivity index (χ0v) is 11.5. The minimum absolute atomic E-state index is 0.0831. The summed E-state index contributed by atoms with van der Waals surface area (Å²) in [5.41, 5.74) is 1.67. The Morgan fingerprint density at radius 1 is 1.10 bits per heavy atom. The zero-order chi connectivity index (χ0) is 15.0. The van der Waals surface area contributed by atoms with Gasteiger partial charge >= 0.3 is 0 Å². The fourth-order valence-electron chi connectivity index (χ4n) is 2.24. The smallest absolute Gasteiger partial charge is 0.212 e. The van der Waals surface area contributed by atoms with Crippen molar-refractivity contribution in [3.8, 4) is 17.1 Å². The van der Waals surface area contributed by atoms with E-state index in [0.29, 0.717) is 22.7 Å². The second-order valence-electron chi connectivity index (χ2n) is 4.62. The number of benzene rings is 1. The Bertz CT molecular complexity index is 817. The molecule has 3 nitrogen and oxygen atoms in total. The van der Waals surface area contributed by atoms with E-state index in [2.05, 4.69) is 9.97 Å². The number of fused-ring (bicyclic) bond motifs is 1. The Balaban J connectivity index is 2.25. The van der Waals surface area contributed by atoms with Crippen molar-refractivity contribution in [3.63, 3.8) is 0 Å². The highest BCUT2D eigenvalue weighted by molar-refractivity contribution is 5.84. The van der Waals surface area contributed by atoms with Gasteiger partial charge in [-0.1, -0.05) is 6.07 Å². The molecule has 0 N–H and O–H groups in total. The summed E-state index contributed by atoms with van der Waals surface area (Å²) in [6, 6.07) is 7.73. The maximum atomic E-state index is 14.4. The molecule has 3 aromatic rings. The van der Waals surface area contributed by atoms with Crippen LogP contribution in [0.2, 0.25) is 0 Å². The van der Waals surface area contributed by atoms with Gasteiger partial charge in [-0.05, 0) is 25.1 Å². The molecular formula is C16H12F2N2O. The molecule has 0 spiro atoms. The SMILES string of the molecule is COc1ccc(-c2nc3cccc(F)c3c(F)c2C)cn1. The van der Waals surface area contributed by atoms with Gasteiger partial charge in [-0.15, -0.1) is 0 Å². The second kappa shape index (κ2) is 5.09. The number of rotatable bonds is 2. The Hall–Kier alpha value is -2.56. The summed E-state index contributed by atoms with van der Waals surface area (Å²) in [5.74, 6) is -0.743. The van der Waals surface area contributed by atoms with Crippen molar-refractivity contribution in [2.24, 2.45) is 0 Å². The van der Waals surface area contributed by atoms with Gasteiger partial charge in [0.05, 0.1) is 23.7 Å². The molecule has 21 heavy (non-hydrogen) atoms. The molecule has 0 amide bonds. The predicted molar refractivity (Wildman–Crippen MR) is 76.2 cm³/mol. The van der Waals surface area contributed by atoms with Crippen LogP contribution in [-0.2, 0) is 0 Å². The molecule has 0 unspecified atom stereocenters. The molecule has 0 aliphatic heterocycles. The van der Waals surface area contributed by atoms with E-state index >= 15 is 0 Å². The van der Waals surface area contributed by atoms with Crippen molar-refractivity contribution < 1.29 is 13.5 Å². The normalized spacial score (nSPS) is 10.9. The van der Waals surface area contributed by atoms with Gasteiger partial charge in [-0.3, -0.25) is 0 Å². The number of hydrogen-bond donors (Lipinski definition) is 0. The monoisotopic (exact) mass is 286 g/mol. The molecule has 2 aromatic heterocycles. The van der Waals surface area contributed by atoms with Crippen LogP contribution in [0.15, 0.2) is 36.5 Å². The molecule has 5 heteroatoms. The van der Waals surface area contributed by atoms with E-state index in [1.807, 2.05) is 0 Å². The number of hydrogen-bond acceptors (Lipinski definition) is 3. The molecule has 0 aliphatic rings. The number of halogens is 2. The summed E-state index contributed by atoms with van der Waals surface area (Å²) in [4.78, 5) is 8.44. The van der Waals surface area contributed by atoms with E-state index in [4.69, 9.17) is 4.74 Å². The molecule has 0 bridgehead atoms. The molecule has 2 heterocycles. The van der Waals surface area contributed by atoms with E-state index in [0.717, 1.165) is 0 Å². The number of ether oxygens (including phenoxy) is 1. The Labute approximate surface area is 120 Å². The maximum absolute atomic E-state index is 14.4. The number of aromatic nitrogens is 2. The lowest BCUT2D eigenvalue weighted by Crippen LogP contribution is -1.98. The van der Waals surface area contributed by atoms with Crippen LogP contribution in [0.1, 0.15) is 5.56 Å². The molecule has 0 saturated carbocycles. The summed E-state index contributed by atoms with van der Waals surface area (Å²) in [6.07, 6.45) is 1.55. The molecular weight excluding hydrogens is 274 g/mol. The lowest BCUT2D eigenvalue weighted by molar-refractivity contribution is 0.398. The van der Waals surface area contributed by atoms with E-state index < -0.39 is 11.6 Å². The molecule has 0 fully saturated rings. The summed E-state index contributed by atoms with van der Waals surface area (Å²) < 4.78 is 33.2. The molecule has 3 rings (SSSR count). The first kappa shape index (κ1) is 13.4. The largest absolute Gasteiger partial charge is 0.481 e. The quantitative estimate of drug-likeness (QED) is 0.717. The molecule has 0 saturated heterocycles. The predicted octanol–water partition coefficient (Wildman–Crippen LogP) is 3.89. The number of nitrogens with zero attached hydrogens (tertiary/aromatic N) is 2. The minimum Gasteiger partial charge on any atom is -0.481 e. The summed E-state index contributed by atoms with van der Waals surface area (Å²) in [5, 5.41) is -0.0831. The fraction of sp³-hybridized carbons (Fsp3) is 0.125. The van der Waals surface area contributed by atoms with Crippen molar-refractivity contribution in [3.05, 3.63) is 53.7 Å². The fourth-order valence-corrected chi connectivity index (χ4v) is 2.24. The van der Waals surface area contributed by atoms with Crippen LogP contribution in [0.4, 0.5) is 8.78 Å². The maximum Gasteiger partial charge on any atom is 0.212 e. The average molecular weight is 286 g/mol. The van der Waals surface area contributed by atoms with Gasteiger partial charge in [0.25, 0.3) is 0 Å².